The van der Waals surface area contributed by atoms with E-state index in [0.717, 1.165) is 77.0 Å². The number of carbonyl (C=O) groups excluding carboxylic acids is 3. The maximum absolute atomic E-state index is 13.0. The summed E-state index contributed by atoms with van der Waals surface area (Å²) in [6.07, 6.45) is 92.7. The fourth-order valence-electron chi connectivity index (χ4n) is 11.1. The zero-order valence-electron chi connectivity index (χ0n) is 55.7. The Balaban J connectivity index is 4.30. The minimum atomic E-state index is -0.796. The molecule has 0 aromatic rings. The minimum absolute atomic E-state index is 0.0866. The van der Waals surface area contributed by atoms with Crippen LogP contribution >= 0.6 is 0 Å². The summed E-state index contributed by atoms with van der Waals surface area (Å²) < 4.78 is 17.0. The van der Waals surface area contributed by atoms with E-state index in [1.54, 1.807) is 0 Å². The molecule has 0 N–H and O–H groups in total. The number of allylic oxidation sites excluding steroid dienone is 10. The van der Waals surface area contributed by atoms with E-state index in [-0.39, 0.29) is 37.5 Å². The molecular formula is C77H140O6. The van der Waals surface area contributed by atoms with Crippen molar-refractivity contribution >= 4 is 17.9 Å². The van der Waals surface area contributed by atoms with Crippen molar-refractivity contribution in [1.82, 2.24) is 0 Å². The minimum Gasteiger partial charge on any atom is -0.462 e. The summed E-state index contributed by atoms with van der Waals surface area (Å²) in [5.41, 5.74) is 0. The first-order valence-electron chi connectivity index (χ1n) is 36.8. The lowest BCUT2D eigenvalue weighted by atomic mass is 10.0. The van der Waals surface area contributed by atoms with Gasteiger partial charge in [-0.05, 0) is 57.8 Å². The van der Waals surface area contributed by atoms with Gasteiger partial charge < -0.3 is 14.2 Å². The number of carbonyl (C=O) groups is 3. The smallest absolute Gasteiger partial charge is 0.306 e. The molecule has 6 heteroatoms. The summed E-state index contributed by atoms with van der Waals surface area (Å²) in [5, 5.41) is 0. The van der Waals surface area contributed by atoms with Gasteiger partial charge in [0.05, 0.1) is 0 Å². The van der Waals surface area contributed by atoms with E-state index < -0.39 is 6.10 Å². The molecule has 6 nitrogen and oxygen atoms in total. The molecule has 1 atom stereocenters. The third-order valence-electron chi connectivity index (χ3n) is 16.5. The van der Waals surface area contributed by atoms with Crippen molar-refractivity contribution in [3.8, 4) is 0 Å². The molecule has 0 bridgehead atoms. The lowest BCUT2D eigenvalue weighted by Gasteiger charge is -2.18. The highest BCUT2D eigenvalue weighted by Crippen LogP contribution is 2.19. The highest BCUT2D eigenvalue weighted by molar-refractivity contribution is 5.71. The van der Waals surface area contributed by atoms with Crippen molar-refractivity contribution in [2.45, 2.75) is 399 Å². The van der Waals surface area contributed by atoms with Gasteiger partial charge in [0.15, 0.2) is 6.10 Å². The first kappa shape index (κ1) is 80.1. The fourth-order valence-corrected chi connectivity index (χ4v) is 11.1. The Morgan fingerprint density at radius 1 is 0.253 bits per heavy atom. The Kier molecular flexibility index (Phi) is 69.1. The molecule has 0 saturated carbocycles. The summed E-state index contributed by atoms with van der Waals surface area (Å²) >= 11 is 0. The molecule has 0 aliphatic heterocycles. The van der Waals surface area contributed by atoms with Gasteiger partial charge in [-0.1, -0.05) is 377 Å². The summed E-state index contributed by atoms with van der Waals surface area (Å²) in [6, 6.07) is 0. The molecule has 0 spiro atoms. The first-order chi connectivity index (χ1) is 41.0. The van der Waals surface area contributed by atoms with E-state index in [1.165, 1.54) is 270 Å². The van der Waals surface area contributed by atoms with Crippen molar-refractivity contribution in [3.63, 3.8) is 0 Å². The normalized spacial score (nSPS) is 12.4. The highest BCUT2D eigenvalue weighted by Gasteiger charge is 2.19. The topological polar surface area (TPSA) is 78.9 Å². The van der Waals surface area contributed by atoms with Gasteiger partial charge in [-0.3, -0.25) is 14.4 Å². The Bertz CT molecular complexity index is 1470. The lowest BCUT2D eigenvalue weighted by Crippen LogP contribution is -2.30. The molecular weight excluding hydrogens is 1020 g/mol. The van der Waals surface area contributed by atoms with Crippen molar-refractivity contribution in [3.05, 3.63) is 60.8 Å². The SMILES string of the molecule is CC/C=C\C/C=C\C/C=C\C/C=C\C/C=C\CCCC(=O)OCC(COC(=O)CCCCCCCCCCCCCCCCCCCCCCCCCCCCC)OC(=O)CCCCCCCCCCCCCCCCCCCCCCC. The third-order valence-corrected chi connectivity index (χ3v) is 16.5. The quantitative estimate of drug-likeness (QED) is 0.0261. The summed E-state index contributed by atoms with van der Waals surface area (Å²) in [5.74, 6) is -0.919. The van der Waals surface area contributed by atoms with Crippen molar-refractivity contribution in [2.75, 3.05) is 13.2 Å². The number of ether oxygens (including phenoxy) is 3. The van der Waals surface area contributed by atoms with Crippen molar-refractivity contribution < 1.29 is 28.6 Å². The van der Waals surface area contributed by atoms with Gasteiger partial charge in [0.25, 0.3) is 0 Å². The Hall–Kier alpha value is -2.89. The van der Waals surface area contributed by atoms with Crippen LogP contribution in [0.1, 0.15) is 393 Å². The van der Waals surface area contributed by atoms with Crippen LogP contribution in [-0.2, 0) is 28.6 Å². The van der Waals surface area contributed by atoms with Crippen LogP contribution in [0, 0.1) is 0 Å². The molecule has 0 amide bonds. The predicted molar refractivity (Wildman–Crippen MR) is 362 cm³/mol. The molecule has 1 unspecified atom stereocenters. The summed E-state index contributed by atoms with van der Waals surface area (Å²) in [4.78, 5) is 38.5. The van der Waals surface area contributed by atoms with Crippen molar-refractivity contribution in [1.29, 1.82) is 0 Å². The molecule has 0 rings (SSSR count). The van der Waals surface area contributed by atoms with Crippen LogP contribution in [-0.4, -0.2) is 37.2 Å². The van der Waals surface area contributed by atoms with Crippen LogP contribution in [0.2, 0.25) is 0 Å². The highest BCUT2D eigenvalue weighted by atomic mass is 16.6. The first-order valence-corrected chi connectivity index (χ1v) is 36.8. The summed E-state index contributed by atoms with van der Waals surface area (Å²) in [6.45, 7) is 6.56. The number of rotatable bonds is 68. The van der Waals surface area contributed by atoms with Crippen LogP contribution in [0.15, 0.2) is 60.8 Å². The molecule has 0 aromatic carbocycles. The van der Waals surface area contributed by atoms with E-state index in [9.17, 15) is 14.4 Å². The molecule has 0 aromatic heterocycles. The molecule has 83 heavy (non-hydrogen) atoms. The van der Waals surface area contributed by atoms with Gasteiger partial charge in [-0.15, -0.1) is 0 Å². The van der Waals surface area contributed by atoms with Gasteiger partial charge in [-0.25, -0.2) is 0 Å². The molecule has 0 aliphatic carbocycles. The second kappa shape index (κ2) is 71.6. The summed E-state index contributed by atoms with van der Waals surface area (Å²) in [7, 11) is 0. The van der Waals surface area contributed by atoms with Gasteiger partial charge in [0.2, 0.25) is 0 Å². The largest absolute Gasteiger partial charge is 0.462 e. The zero-order valence-corrected chi connectivity index (χ0v) is 55.7. The third kappa shape index (κ3) is 69.8. The van der Waals surface area contributed by atoms with Gasteiger partial charge >= 0.3 is 17.9 Å². The molecule has 0 fully saturated rings. The van der Waals surface area contributed by atoms with Gasteiger partial charge in [0, 0.05) is 19.3 Å². The number of hydrogen-bond donors (Lipinski definition) is 0. The molecule has 484 valence electrons. The van der Waals surface area contributed by atoms with E-state index in [0.29, 0.717) is 19.3 Å². The van der Waals surface area contributed by atoms with Crippen LogP contribution in [0.25, 0.3) is 0 Å². The zero-order chi connectivity index (χ0) is 59.9. The lowest BCUT2D eigenvalue weighted by molar-refractivity contribution is -0.167. The predicted octanol–water partition coefficient (Wildman–Crippen LogP) is 25.5. The maximum atomic E-state index is 13.0. The molecule has 0 aliphatic rings. The monoisotopic (exact) mass is 1160 g/mol. The fraction of sp³-hybridized carbons (Fsp3) is 0.831. The second-order valence-electron chi connectivity index (χ2n) is 24.8. The van der Waals surface area contributed by atoms with Crippen LogP contribution in [0.5, 0.6) is 0 Å². The van der Waals surface area contributed by atoms with E-state index in [4.69, 9.17) is 14.2 Å². The molecule has 0 radical (unpaired) electrons. The Morgan fingerprint density at radius 3 is 0.735 bits per heavy atom. The average molecular weight is 1160 g/mol. The molecule has 0 heterocycles. The van der Waals surface area contributed by atoms with Gasteiger partial charge in [0.1, 0.15) is 13.2 Å². The number of unbranched alkanes of at least 4 members (excludes halogenated alkanes) is 47. The Labute approximate surface area is 517 Å². The second-order valence-corrected chi connectivity index (χ2v) is 24.8. The van der Waals surface area contributed by atoms with E-state index >= 15 is 0 Å². The number of esters is 3. The van der Waals surface area contributed by atoms with Crippen LogP contribution in [0.4, 0.5) is 0 Å². The van der Waals surface area contributed by atoms with E-state index in [1.807, 2.05) is 0 Å². The number of hydrogen-bond acceptors (Lipinski definition) is 6. The standard InChI is InChI=1S/C77H140O6/c1-4-7-10-13-16-19-22-25-28-31-33-35-36-37-38-39-40-42-43-46-49-52-55-58-61-64-67-70-76(79)82-73-74(72-81-75(78)69-66-63-60-57-54-51-48-45-30-27-24-21-18-15-12-9-6-3)83-77(80)71-68-65-62-59-56-53-50-47-44-41-34-32-29-26-23-20-17-14-11-8-5-2/h9,12,18,21,27,30,48,51,57,60,74H,4-8,10-11,13-17,19-20,22-26,28-29,31-47,49-50,52-56,58-59,61-73H2,1-3H3/b12-9-,21-18-,30-27-,51-48-,60-57-. The maximum Gasteiger partial charge on any atom is 0.306 e. The van der Waals surface area contributed by atoms with Gasteiger partial charge in [-0.2, -0.15) is 0 Å². The molecule has 0 saturated heterocycles. The average Bonchev–Trinajstić information content (AvgIpc) is 3.50. The van der Waals surface area contributed by atoms with E-state index in [2.05, 4.69) is 81.5 Å². The Morgan fingerprint density at radius 2 is 0.470 bits per heavy atom. The van der Waals surface area contributed by atoms with Crippen molar-refractivity contribution in [2.24, 2.45) is 0 Å². The van der Waals surface area contributed by atoms with Crippen LogP contribution < -0.4 is 0 Å². The van der Waals surface area contributed by atoms with Crippen LogP contribution in [0.3, 0.4) is 0 Å².